The van der Waals surface area contributed by atoms with E-state index >= 15 is 0 Å². The molecule has 3 rings (SSSR count). The third-order valence-corrected chi connectivity index (χ3v) is 4.40. The van der Waals surface area contributed by atoms with Crippen molar-refractivity contribution in [3.05, 3.63) is 88.2 Å². The number of carbonyl (C=O) groups is 2. The Labute approximate surface area is 190 Å². The normalized spacial score (nSPS) is 11.9. The van der Waals surface area contributed by atoms with Crippen LogP contribution in [-0.4, -0.2) is 27.9 Å². The van der Waals surface area contributed by atoms with Gasteiger partial charge in [-0.05, 0) is 37.3 Å². The average Bonchev–Trinajstić information content (AvgIpc) is 2.79. The summed E-state index contributed by atoms with van der Waals surface area (Å²) in [6.45, 7) is 1.16. The summed E-state index contributed by atoms with van der Waals surface area (Å²) in [7, 11) is 0. The number of esters is 1. The van der Waals surface area contributed by atoms with Gasteiger partial charge in [0.1, 0.15) is 17.1 Å². The number of nitrogens with one attached hydrogen (secondary N) is 1. The number of para-hydroxylation sites is 1. The van der Waals surface area contributed by atoms with Gasteiger partial charge in [0.15, 0.2) is 6.10 Å². The second-order valence-electron chi connectivity index (χ2n) is 6.81. The van der Waals surface area contributed by atoms with Gasteiger partial charge in [0.25, 0.3) is 11.6 Å². The van der Waals surface area contributed by atoms with E-state index in [1.807, 2.05) is 5.32 Å². The van der Waals surface area contributed by atoms with Gasteiger partial charge in [-0.3, -0.25) is 19.9 Å². The number of alkyl halides is 3. The molecule has 2 aromatic carbocycles. The molecule has 0 saturated heterocycles. The highest BCUT2D eigenvalue weighted by Gasteiger charge is 2.36. The smallest absolute Gasteiger partial charge is 0.418 e. The maximum Gasteiger partial charge on any atom is 0.418 e. The molecule has 0 saturated carbocycles. The molecule has 34 heavy (non-hydrogen) atoms. The van der Waals surface area contributed by atoms with Gasteiger partial charge in [-0.15, -0.1) is 0 Å². The molecule has 0 bridgehead atoms. The number of carbonyl (C=O) groups excluding carboxylic acids is 2. The van der Waals surface area contributed by atoms with Crippen molar-refractivity contribution < 1.29 is 37.2 Å². The van der Waals surface area contributed by atoms with Crippen molar-refractivity contribution in [2.45, 2.75) is 19.2 Å². The number of aromatic nitrogens is 1. The van der Waals surface area contributed by atoms with Crippen LogP contribution in [0.4, 0.5) is 24.5 Å². The number of amides is 1. The Balaban J connectivity index is 1.75. The van der Waals surface area contributed by atoms with Gasteiger partial charge in [0.2, 0.25) is 0 Å². The number of benzene rings is 2. The lowest BCUT2D eigenvalue weighted by molar-refractivity contribution is -0.385. The van der Waals surface area contributed by atoms with Gasteiger partial charge < -0.3 is 14.8 Å². The number of non-ortho nitro benzene ring substituents is 1. The number of ether oxygens (including phenoxy) is 2. The molecule has 9 nitrogen and oxygen atoms in total. The molecule has 1 N–H and O–H groups in total. The minimum Gasteiger partial charge on any atom is -0.455 e. The number of rotatable bonds is 7. The van der Waals surface area contributed by atoms with Crippen molar-refractivity contribution in [3.63, 3.8) is 0 Å². The number of nitro groups is 1. The zero-order chi connectivity index (χ0) is 24.9. The minimum absolute atomic E-state index is 0.0303. The number of pyridine rings is 1. The van der Waals surface area contributed by atoms with Crippen LogP contribution in [-0.2, 0) is 15.7 Å². The first-order valence-electron chi connectivity index (χ1n) is 9.60. The lowest BCUT2D eigenvalue weighted by Crippen LogP contribution is -2.31. The highest BCUT2D eigenvalue weighted by molar-refractivity contribution is 5.98. The highest BCUT2D eigenvalue weighted by Crippen LogP contribution is 2.37. The number of anilines is 1. The molecule has 1 aromatic heterocycles. The molecule has 1 unspecified atom stereocenters. The lowest BCUT2D eigenvalue weighted by Gasteiger charge is -2.17. The molecule has 1 atom stereocenters. The van der Waals surface area contributed by atoms with Crippen molar-refractivity contribution in [3.8, 4) is 11.5 Å². The van der Waals surface area contributed by atoms with Crippen LogP contribution < -0.4 is 10.1 Å². The molecule has 1 amide bonds. The maximum atomic E-state index is 13.3. The lowest BCUT2D eigenvalue weighted by atomic mass is 10.1. The van der Waals surface area contributed by atoms with Gasteiger partial charge >= 0.3 is 12.1 Å². The topological polar surface area (TPSA) is 121 Å². The summed E-state index contributed by atoms with van der Waals surface area (Å²) >= 11 is 0. The summed E-state index contributed by atoms with van der Waals surface area (Å²) in [6.07, 6.45) is -3.53. The van der Waals surface area contributed by atoms with Gasteiger partial charge in [-0.1, -0.05) is 12.1 Å². The molecular weight excluding hydrogens is 459 g/mol. The van der Waals surface area contributed by atoms with E-state index in [0.29, 0.717) is 11.8 Å². The van der Waals surface area contributed by atoms with Crippen LogP contribution in [0.5, 0.6) is 11.5 Å². The van der Waals surface area contributed by atoms with Crippen molar-refractivity contribution in [1.29, 1.82) is 0 Å². The standard InChI is InChI=1S/C22H16F3N3O6/c1-13(20(29)27-18-9-8-14(28(31)32)11-17(18)22(23,24)25)33-21(30)16-6-2-3-7-19(16)34-15-5-4-10-26-12-15/h2-13H,1H3,(H,27,29). The summed E-state index contributed by atoms with van der Waals surface area (Å²) in [5.74, 6) is -1.57. The molecule has 176 valence electrons. The third-order valence-electron chi connectivity index (χ3n) is 4.40. The Kier molecular flexibility index (Phi) is 7.09. The number of nitrogens with zero attached hydrogens (tertiary/aromatic N) is 2. The van der Waals surface area contributed by atoms with E-state index in [1.54, 1.807) is 18.2 Å². The first-order chi connectivity index (χ1) is 16.1. The van der Waals surface area contributed by atoms with Crippen LogP contribution in [0, 0.1) is 10.1 Å². The third kappa shape index (κ3) is 5.85. The first-order valence-corrected chi connectivity index (χ1v) is 9.60. The largest absolute Gasteiger partial charge is 0.455 e. The number of halogens is 3. The van der Waals surface area contributed by atoms with E-state index in [9.17, 15) is 32.9 Å². The Morgan fingerprint density at radius 3 is 2.50 bits per heavy atom. The SMILES string of the molecule is CC(OC(=O)c1ccccc1Oc1cccnc1)C(=O)Nc1ccc([N+](=O)[O-])cc1C(F)(F)F. The molecule has 1 heterocycles. The zero-order valence-electron chi connectivity index (χ0n) is 17.4. The molecule has 0 aliphatic carbocycles. The van der Waals surface area contributed by atoms with Crippen molar-refractivity contribution >= 4 is 23.3 Å². The maximum absolute atomic E-state index is 13.3. The average molecular weight is 475 g/mol. The molecule has 0 radical (unpaired) electrons. The molecule has 12 heteroatoms. The van der Waals surface area contributed by atoms with Crippen LogP contribution >= 0.6 is 0 Å². The van der Waals surface area contributed by atoms with Gasteiger partial charge in [0.05, 0.1) is 22.4 Å². The summed E-state index contributed by atoms with van der Waals surface area (Å²) in [6, 6.07) is 11.1. The van der Waals surface area contributed by atoms with Crippen LogP contribution in [0.15, 0.2) is 67.0 Å². The Hall–Kier alpha value is -4.48. The number of nitro benzene ring substituents is 1. The Morgan fingerprint density at radius 2 is 1.85 bits per heavy atom. The van der Waals surface area contributed by atoms with Crippen molar-refractivity contribution in [2.75, 3.05) is 5.32 Å². The van der Waals surface area contributed by atoms with E-state index in [-0.39, 0.29) is 11.3 Å². The summed E-state index contributed by atoms with van der Waals surface area (Å²) in [5.41, 5.74) is -2.96. The second-order valence-corrected chi connectivity index (χ2v) is 6.81. The quantitative estimate of drug-likeness (QED) is 0.290. The zero-order valence-corrected chi connectivity index (χ0v) is 17.4. The predicted octanol–water partition coefficient (Wildman–Crippen LogP) is 4.98. The monoisotopic (exact) mass is 475 g/mol. The van der Waals surface area contributed by atoms with Crippen LogP contribution in [0.2, 0.25) is 0 Å². The Morgan fingerprint density at radius 1 is 1.12 bits per heavy atom. The van der Waals surface area contributed by atoms with Crippen LogP contribution in [0.3, 0.4) is 0 Å². The number of hydrogen-bond donors (Lipinski definition) is 1. The van der Waals surface area contributed by atoms with Gasteiger partial charge in [-0.2, -0.15) is 13.2 Å². The van der Waals surface area contributed by atoms with E-state index in [0.717, 1.165) is 19.1 Å². The van der Waals surface area contributed by atoms with Crippen molar-refractivity contribution in [1.82, 2.24) is 4.98 Å². The molecule has 0 fully saturated rings. The minimum atomic E-state index is -4.98. The van der Waals surface area contributed by atoms with Crippen LogP contribution in [0.1, 0.15) is 22.8 Å². The predicted molar refractivity (Wildman–Crippen MR) is 112 cm³/mol. The van der Waals surface area contributed by atoms with Crippen LogP contribution in [0.25, 0.3) is 0 Å². The van der Waals surface area contributed by atoms with Crippen molar-refractivity contribution in [2.24, 2.45) is 0 Å². The number of hydrogen-bond acceptors (Lipinski definition) is 7. The fourth-order valence-electron chi connectivity index (χ4n) is 2.76. The Bertz CT molecular complexity index is 1220. The van der Waals surface area contributed by atoms with E-state index in [1.165, 1.54) is 30.6 Å². The second kappa shape index (κ2) is 9.98. The summed E-state index contributed by atoms with van der Waals surface area (Å²) < 4.78 is 50.7. The van der Waals surface area contributed by atoms with Gasteiger partial charge in [0, 0.05) is 18.3 Å². The fraction of sp³-hybridized carbons (Fsp3) is 0.136. The van der Waals surface area contributed by atoms with E-state index < -0.39 is 46.0 Å². The van der Waals surface area contributed by atoms with E-state index in [2.05, 4.69) is 4.98 Å². The first kappa shape index (κ1) is 24.2. The molecule has 0 aliphatic heterocycles. The summed E-state index contributed by atoms with van der Waals surface area (Å²) in [5, 5.41) is 12.8. The molecule has 3 aromatic rings. The fourth-order valence-corrected chi connectivity index (χ4v) is 2.76. The molecular formula is C22H16F3N3O6. The van der Waals surface area contributed by atoms with E-state index in [4.69, 9.17) is 9.47 Å². The highest BCUT2D eigenvalue weighted by atomic mass is 19.4. The summed E-state index contributed by atoms with van der Waals surface area (Å²) in [4.78, 5) is 38.7. The van der Waals surface area contributed by atoms with Gasteiger partial charge in [-0.25, -0.2) is 4.79 Å². The molecule has 0 spiro atoms. The molecule has 0 aliphatic rings.